The smallest absolute Gasteiger partial charge is 0.307 e. The number of hydrogen-bond donors (Lipinski definition) is 1. The molecule has 0 spiro atoms. The van der Waals surface area contributed by atoms with Gasteiger partial charge >= 0.3 is 5.91 Å². The third-order valence-corrected chi connectivity index (χ3v) is 6.40. The molecule has 0 bridgehead atoms. The molecular formula is C33H28N4O4. The van der Waals surface area contributed by atoms with E-state index in [1.165, 1.54) is 17.6 Å². The lowest BCUT2D eigenvalue weighted by Crippen LogP contribution is -2.16. The normalized spacial score (nSPS) is 10.9. The Morgan fingerprint density at radius 2 is 1.66 bits per heavy atom. The van der Waals surface area contributed by atoms with Crippen molar-refractivity contribution in [2.24, 2.45) is 5.10 Å². The van der Waals surface area contributed by atoms with Crippen LogP contribution in [0.4, 0.5) is 0 Å². The standard InChI is InChI=1S/C33H28N4O4/c1-23-10-11-24(2)37(23)28-12-14-29(15-13-28)40-22-31-16-17-32(41-31)33(38)36-35-20-25-6-5-9-30(18-25)39-21-27-8-4-3-7-26(27)19-34/h3-18,20H,21-22H2,1-2H3,(H,36,38)/b35-20+. The molecule has 0 aliphatic carbocycles. The number of amides is 1. The predicted octanol–water partition coefficient (Wildman–Crippen LogP) is 6.48. The van der Waals surface area contributed by atoms with Gasteiger partial charge in [0.1, 0.15) is 30.5 Å². The Labute approximate surface area is 238 Å². The van der Waals surface area contributed by atoms with E-state index in [0.717, 1.165) is 16.8 Å². The number of ether oxygens (including phenoxy) is 2. The van der Waals surface area contributed by atoms with Crippen LogP contribution in [0.3, 0.4) is 0 Å². The molecule has 2 aromatic heterocycles. The van der Waals surface area contributed by atoms with Gasteiger partial charge in [-0.2, -0.15) is 10.4 Å². The maximum Gasteiger partial charge on any atom is 0.307 e. The monoisotopic (exact) mass is 544 g/mol. The minimum absolute atomic E-state index is 0.128. The van der Waals surface area contributed by atoms with Crippen LogP contribution in [0.5, 0.6) is 11.5 Å². The highest BCUT2D eigenvalue weighted by Crippen LogP contribution is 2.21. The van der Waals surface area contributed by atoms with Crippen LogP contribution >= 0.6 is 0 Å². The van der Waals surface area contributed by atoms with Crippen molar-refractivity contribution in [2.45, 2.75) is 27.1 Å². The molecule has 0 fully saturated rings. The SMILES string of the molecule is Cc1ccc(C)n1-c1ccc(OCc2ccc(C(=O)N/N=C/c3cccc(OCc4ccccc4C#N)c3)o2)cc1. The molecule has 0 saturated heterocycles. The summed E-state index contributed by atoms with van der Waals surface area (Å²) in [5.74, 6) is 1.48. The maximum atomic E-state index is 12.5. The molecule has 8 heteroatoms. The third kappa shape index (κ3) is 6.72. The molecule has 3 aromatic carbocycles. The molecule has 204 valence electrons. The number of carbonyl (C=O) groups is 1. The summed E-state index contributed by atoms with van der Waals surface area (Å²) in [6.45, 7) is 4.59. The number of rotatable bonds is 10. The molecule has 5 aromatic rings. The number of nitrogens with one attached hydrogen (secondary N) is 1. The predicted molar refractivity (Wildman–Crippen MR) is 155 cm³/mol. The molecule has 1 amide bonds. The second-order valence-corrected chi connectivity index (χ2v) is 9.33. The molecule has 8 nitrogen and oxygen atoms in total. The van der Waals surface area contributed by atoms with Crippen molar-refractivity contribution < 1.29 is 18.7 Å². The number of benzene rings is 3. The van der Waals surface area contributed by atoms with Crippen LogP contribution < -0.4 is 14.9 Å². The molecule has 2 heterocycles. The fourth-order valence-corrected chi connectivity index (χ4v) is 4.32. The summed E-state index contributed by atoms with van der Waals surface area (Å²) in [6, 6.07) is 32.0. The van der Waals surface area contributed by atoms with Crippen molar-refractivity contribution in [3.05, 3.63) is 137 Å². The van der Waals surface area contributed by atoms with Gasteiger partial charge in [0.25, 0.3) is 0 Å². The Morgan fingerprint density at radius 1 is 0.902 bits per heavy atom. The summed E-state index contributed by atoms with van der Waals surface area (Å²) < 4.78 is 19.5. The summed E-state index contributed by atoms with van der Waals surface area (Å²) in [5.41, 5.74) is 7.99. The van der Waals surface area contributed by atoms with Crippen molar-refractivity contribution in [3.63, 3.8) is 0 Å². The van der Waals surface area contributed by atoms with E-state index in [0.29, 0.717) is 22.8 Å². The highest BCUT2D eigenvalue weighted by Gasteiger charge is 2.11. The van der Waals surface area contributed by atoms with Gasteiger partial charge in [0.05, 0.1) is 17.8 Å². The summed E-state index contributed by atoms with van der Waals surface area (Å²) in [7, 11) is 0. The van der Waals surface area contributed by atoms with Gasteiger partial charge in [0.2, 0.25) is 0 Å². The lowest BCUT2D eigenvalue weighted by molar-refractivity contribution is 0.0923. The van der Waals surface area contributed by atoms with E-state index in [-0.39, 0.29) is 19.0 Å². The number of hydrogen-bond acceptors (Lipinski definition) is 6. The van der Waals surface area contributed by atoms with Crippen molar-refractivity contribution in [1.29, 1.82) is 5.26 Å². The summed E-state index contributed by atoms with van der Waals surface area (Å²) >= 11 is 0. The molecular weight excluding hydrogens is 516 g/mol. The van der Waals surface area contributed by atoms with E-state index in [9.17, 15) is 10.1 Å². The van der Waals surface area contributed by atoms with Crippen LogP contribution in [0.25, 0.3) is 5.69 Å². The van der Waals surface area contributed by atoms with Crippen molar-refractivity contribution in [2.75, 3.05) is 0 Å². The quantitative estimate of drug-likeness (QED) is 0.160. The number of nitrogens with zero attached hydrogens (tertiary/aromatic N) is 3. The number of aryl methyl sites for hydroxylation is 2. The minimum Gasteiger partial charge on any atom is -0.489 e. The summed E-state index contributed by atoms with van der Waals surface area (Å²) in [6.07, 6.45) is 1.52. The maximum absolute atomic E-state index is 12.5. The van der Waals surface area contributed by atoms with Gasteiger partial charge in [0.15, 0.2) is 5.76 Å². The largest absolute Gasteiger partial charge is 0.489 e. The zero-order valence-corrected chi connectivity index (χ0v) is 22.7. The highest BCUT2D eigenvalue weighted by atomic mass is 16.5. The van der Waals surface area contributed by atoms with Gasteiger partial charge in [-0.05, 0) is 86.1 Å². The van der Waals surface area contributed by atoms with Crippen LogP contribution in [0.2, 0.25) is 0 Å². The van der Waals surface area contributed by atoms with Crippen LogP contribution in [0.1, 0.15) is 44.4 Å². The fraction of sp³-hybridized carbons (Fsp3) is 0.121. The topological polar surface area (TPSA) is 102 Å². The van der Waals surface area contributed by atoms with Crippen LogP contribution in [0, 0.1) is 25.2 Å². The number of nitriles is 1. The van der Waals surface area contributed by atoms with Crippen LogP contribution in [-0.2, 0) is 13.2 Å². The first kappa shape index (κ1) is 27.0. The highest BCUT2D eigenvalue weighted by molar-refractivity contribution is 5.92. The van der Waals surface area contributed by atoms with Gasteiger partial charge in [-0.25, -0.2) is 5.43 Å². The summed E-state index contributed by atoms with van der Waals surface area (Å²) in [4.78, 5) is 12.5. The Morgan fingerprint density at radius 3 is 2.44 bits per heavy atom. The lowest BCUT2D eigenvalue weighted by Gasteiger charge is -2.10. The molecule has 0 aliphatic rings. The van der Waals surface area contributed by atoms with E-state index in [4.69, 9.17) is 13.9 Å². The number of furan rings is 1. The van der Waals surface area contributed by atoms with Gasteiger partial charge in [-0.15, -0.1) is 0 Å². The molecule has 0 atom stereocenters. The zero-order valence-electron chi connectivity index (χ0n) is 22.7. The number of hydrazone groups is 1. The van der Waals surface area contributed by atoms with Gasteiger partial charge in [0, 0.05) is 22.6 Å². The molecule has 41 heavy (non-hydrogen) atoms. The zero-order chi connectivity index (χ0) is 28.6. The first-order valence-electron chi connectivity index (χ1n) is 13.0. The Balaban J connectivity index is 1.11. The molecule has 0 saturated carbocycles. The Kier molecular flexibility index (Phi) is 8.27. The van der Waals surface area contributed by atoms with Crippen molar-refractivity contribution >= 4 is 12.1 Å². The van der Waals surface area contributed by atoms with Crippen molar-refractivity contribution in [1.82, 2.24) is 9.99 Å². The molecule has 0 unspecified atom stereocenters. The fourth-order valence-electron chi connectivity index (χ4n) is 4.32. The van der Waals surface area contributed by atoms with E-state index in [1.807, 2.05) is 60.7 Å². The first-order chi connectivity index (χ1) is 20.0. The molecule has 0 radical (unpaired) electrons. The molecule has 5 rings (SSSR count). The Hall–Kier alpha value is -5.55. The third-order valence-electron chi connectivity index (χ3n) is 6.40. The van der Waals surface area contributed by atoms with E-state index in [1.54, 1.807) is 24.3 Å². The van der Waals surface area contributed by atoms with Gasteiger partial charge < -0.3 is 18.5 Å². The van der Waals surface area contributed by atoms with E-state index >= 15 is 0 Å². The van der Waals surface area contributed by atoms with E-state index < -0.39 is 5.91 Å². The average molecular weight is 545 g/mol. The second-order valence-electron chi connectivity index (χ2n) is 9.33. The van der Waals surface area contributed by atoms with E-state index in [2.05, 4.69) is 47.1 Å². The van der Waals surface area contributed by atoms with Crippen LogP contribution in [0.15, 0.2) is 107 Å². The average Bonchev–Trinajstić information content (AvgIpc) is 3.61. The lowest BCUT2D eigenvalue weighted by atomic mass is 10.1. The first-order valence-corrected chi connectivity index (χ1v) is 13.0. The number of carbonyl (C=O) groups excluding carboxylic acids is 1. The molecule has 1 N–H and O–H groups in total. The van der Waals surface area contributed by atoms with Gasteiger partial charge in [-0.1, -0.05) is 30.3 Å². The summed E-state index contributed by atoms with van der Waals surface area (Å²) in [5, 5.41) is 13.3. The second kappa shape index (κ2) is 12.5. The Bertz CT molecular complexity index is 1710. The minimum atomic E-state index is -0.477. The van der Waals surface area contributed by atoms with Crippen LogP contribution in [-0.4, -0.2) is 16.7 Å². The molecule has 0 aliphatic heterocycles. The number of aromatic nitrogens is 1. The van der Waals surface area contributed by atoms with Crippen molar-refractivity contribution in [3.8, 4) is 23.3 Å². The van der Waals surface area contributed by atoms with Gasteiger partial charge in [-0.3, -0.25) is 4.79 Å².